The molecule has 0 bridgehead atoms. The van der Waals surface area contributed by atoms with Crippen molar-refractivity contribution >= 4 is 16.8 Å². The van der Waals surface area contributed by atoms with Crippen molar-refractivity contribution in [2.24, 2.45) is 0 Å². The maximum atomic E-state index is 11.7. The lowest BCUT2D eigenvalue weighted by Crippen LogP contribution is -2.19. The average molecular weight is 241 g/mol. The summed E-state index contributed by atoms with van der Waals surface area (Å²) >= 11 is 0. The quantitative estimate of drug-likeness (QED) is 0.813. The number of hydrogen-bond acceptors (Lipinski definition) is 3. The Bertz CT molecular complexity index is 367. The highest BCUT2D eigenvalue weighted by molar-refractivity contribution is 7.85. The molecule has 0 amide bonds. The molecule has 16 heavy (non-hydrogen) atoms. The fourth-order valence-corrected chi connectivity index (χ4v) is 2.43. The molecule has 0 radical (unpaired) electrons. The minimum Gasteiger partial charge on any atom is -0.481 e. The van der Waals surface area contributed by atoms with Crippen LogP contribution in [0.3, 0.4) is 0 Å². The third kappa shape index (κ3) is 4.53. The lowest BCUT2D eigenvalue weighted by Gasteiger charge is -2.08. The van der Waals surface area contributed by atoms with Crippen LogP contribution in [-0.2, 0) is 22.0 Å². The third-order valence-electron chi connectivity index (χ3n) is 2.20. The van der Waals surface area contributed by atoms with E-state index in [1.165, 1.54) is 0 Å². The fraction of sp³-hybridized carbons (Fsp3) is 0.455. The van der Waals surface area contributed by atoms with Gasteiger partial charge in [-0.15, -0.1) is 0 Å². The van der Waals surface area contributed by atoms with Crippen molar-refractivity contribution in [1.82, 2.24) is 4.98 Å². The molecule has 0 aliphatic carbocycles. The smallest absolute Gasteiger partial charge is 0.304 e. The van der Waals surface area contributed by atoms with Gasteiger partial charge in [0.05, 0.1) is 6.42 Å². The van der Waals surface area contributed by atoms with Crippen LogP contribution in [0, 0.1) is 0 Å². The number of carbonyl (C=O) groups is 1. The van der Waals surface area contributed by atoms with E-state index in [0.717, 1.165) is 5.69 Å². The van der Waals surface area contributed by atoms with E-state index in [1.807, 2.05) is 18.2 Å². The standard InChI is InChI=1S/C11H15NO3S/c1-9(8-11(13)14)16(15)7-5-10-4-2-3-6-12-10/h2-4,6,9H,5,7-8H2,1H3,(H,13,14). The molecule has 1 N–H and O–H groups in total. The average Bonchev–Trinajstić information content (AvgIpc) is 2.26. The highest BCUT2D eigenvalue weighted by Crippen LogP contribution is 2.04. The molecular weight excluding hydrogens is 226 g/mol. The summed E-state index contributed by atoms with van der Waals surface area (Å²) in [5, 5.41) is 8.27. The van der Waals surface area contributed by atoms with Gasteiger partial charge in [-0.25, -0.2) is 0 Å². The molecule has 0 fully saturated rings. The SMILES string of the molecule is CC(CC(=O)O)S(=O)CCc1ccccn1. The Labute approximate surface area is 97.2 Å². The number of aromatic nitrogens is 1. The lowest BCUT2D eigenvalue weighted by molar-refractivity contribution is -0.136. The predicted octanol–water partition coefficient (Wildman–Crippen LogP) is 1.24. The van der Waals surface area contributed by atoms with Crippen LogP contribution in [0.4, 0.5) is 0 Å². The first-order valence-electron chi connectivity index (χ1n) is 5.08. The van der Waals surface area contributed by atoms with Gasteiger partial charge in [0.2, 0.25) is 0 Å². The van der Waals surface area contributed by atoms with E-state index >= 15 is 0 Å². The number of pyridine rings is 1. The van der Waals surface area contributed by atoms with Crippen molar-refractivity contribution in [3.8, 4) is 0 Å². The number of aryl methyl sites for hydroxylation is 1. The number of hydrogen-bond donors (Lipinski definition) is 1. The molecule has 0 aliphatic heterocycles. The van der Waals surface area contributed by atoms with E-state index in [9.17, 15) is 9.00 Å². The Morgan fingerprint density at radius 2 is 2.31 bits per heavy atom. The van der Waals surface area contributed by atoms with E-state index < -0.39 is 16.8 Å². The summed E-state index contributed by atoms with van der Waals surface area (Å²) in [7, 11) is -1.11. The molecule has 0 saturated heterocycles. The summed E-state index contributed by atoms with van der Waals surface area (Å²) in [6, 6.07) is 5.58. The van der Waals surface area contributed by atoms with Gasteiger partial charge in [-0.1, -0.05) is 13.0 Å². The van der Waals surface area contributed by atoms with Crippen LogP contribution in [0.2, 0.25) is 0 Å². The van der Waals surface area contributed by atoms with E-state index in [0.29, 0.717) is 12.2 Å². The van der Waals surface area contributed by atoms with Crippen molar-refractivity contribution in [3.63, 3.8) is 0 Å². The second-order valence-corrected chi connectivity index (χ2v) is 5.54. The molecule has 2 unspecified atom stereocenters. The van der Waals surface area contributed by atoms with Gasteiger partial charge in [0, 0.05) is 40.1 Å². The van der Waals surface area contributed by atoms with Crippen LogP contribution in [0.5, 0.6) is 0 Å². The maximum absolute atomic E-state index is 11.7. The van der Waals surface area contributed by atoms with Crippen molar-refractivity contribution < 1.29 is 14.1 Å². The van der Waals surface area contributed by atoms with Crippen molar-refractivity contribution in [1.29, 1.82) is 0 Å². The zero-order chi connectivity index (χ0) is 12.0. The monoisotopic (exact) mass is 241 g/mol. The summed E-state index contributed by atoms with van der Waals surface area (Å²) in [5.74, 6) is -0.440. The van der Waals surface area contributed by atoms with E-state index in [2.05, 4.69) is 4.98 Å². The van der Waals surface area contributed by atoms with Crippen LogP contribution in [-0.4, -0.2) is 31.3 Å². The normalized spacial score (nSPS) is 14.3. The number of aliphatic carboxylic acids is 1. The molecule has 1 aromatic heterocycles. The zero-order valence-corrected chi connectivity index (χ0v) is 9.94. The Morgan fingerprint density at radius 3 is 2.88 bits per heavy atom. The van der Waals surface area contributed by atoms with E-state index in [-0.39, 0.29) is 11.7 Å². The Balaban J connectivity index is 2.38. The minimum absolute atomic E-state index is 0.0468. The Hall–Kier alpha value is -1.23. The van der Waals surface area contributed by atoms with Gasteiger partial charge in [-0.05, 0) is 12.1 Å². The van der Waals surface area contributed by atoms with E-state index in [1.54, 1.807) is 13.1 Å². The van der Waals surface area contributed by atoms with Crippen LogP contribution < -0.4 is 0 Å². The van der Waals surface area contributed by atoms with Gasteiger partial charge in [-0.2, -0.15) is 0 Å². The van der Waals surface area contributed by atoms with Gasteiger partial charge in [0.1, 0.15) is 0 Å². The van der Waals surface area contributed by atoms with Crippen LogP contribution >= 0.6 is 0 Å². The van der Waals surface area contributed by atoms with Gasteiger partial charge in [0.15, 0.2) is 0 Å². The number of carboxylic acids is 1. The van der Waals surface area contributed by atoms with Gasteiger partial charge >= 0.3 is 5.97 Å². The van der Waals surface area contributed by atoms with Crippen LogP contribution in [0.1, 0.15) is 19.0 Å². The summed E-state index contributed by atoms with van der Waals surface area (Å²) in [6.45, 7) is 1.70. The molecular formula is C11H15NO3S. The van der Waals surface area contributed by atoms with Crippen molar-refractivity contribution in [2.75, 3.05) is 5.75 Å². The summed E-state index contributed by atoms with van der Waals surface area (Å²) in [5.41, 5.74) is 0.887. The Morgan fingerprint density at radius 1 is 1.56 bits per heavy atom. The number of nitrogens with zero attached hydrogens (tertiary/aromatic N) is 1. The van der Waals surface area contributed by atoms with Crippen LogP contribution in [0.25, 0.3) is 0 Å². The fourth-order valence-electron chi connectivity index (χ4n) is 1.29. The molecule has 88 valence electrons. The summed E-state index contributed by atoms with van der Waals surface area (Å²) in [4.78, 5) is 14.6. The van der Waals surface area contributed by atoms with Gasteiger partial charge < -0.3 is 5.11 Å². The second kappa shape index (κ2) is 6.37. The molecule has 0 aliphatic rings. The molecule has 2 atom stereocenters. The van der Waals surface area contributed by atoms with Gasteiger partial charge in [-0.3, -0.25) is 14.0 Å². The van der Waals surface area contributed by atoms with Crippen molar-refractivity contribution in [3.05, 3.63) is 30.1 Å². The summed E-state index contributed by atoms with van der Waals surface area (Å²) in [6.07, 6.45) is 2.27. The van der Waals surface area contributed by atoms with Crippen molar-refractivity contribution in [2.45, 2.75) is 25.0 Å². The highest BCUT2D eigenvalue weighted by atomic mass is 32.2. The molecule has 0 saturated carbocycles. The first-order valence-corrected chi connectivity index (χ1v) is 6.46. The third-order valence-corrected chi connectivity index (χ3v) is 3.87. The lowest BCUT2D eigenvalue weighted by atomic mass is 10.3. The first kappa shape index (κ1) is 12.8. The molecule has 1 aromatic rings. The predicted molar refractivity (Wildman–Crippen MR) is 62.7 cm³/mol. The molecule has 1 heterocycles. The first-order chi connectivity index (χ1) is 7.59. The number of rotatable bonds is 6. The molecule has 0 aromatic carbocycles. The second-order valence-electron chi connectivity index (χ2n) is 3.56. The Kier molecular flexibility index (Phi) is 5.11. The molecule has 1 rings (SSSR count). The highest BCUT2D eigenvalue weighted by Gasteiger charge is 2.14. The van der Waals surface area contributed by atoms with E-state index in [4.69, 9.17) is 5.11 Å². The summed E-state index contributed by atoms with van der Waals surface area (Å²) < 4.78 is 11.7. The molecule has 5 heteroatoms. The largest absolute Gasteiger partial charge is 0.481 e. The van der Waals surface area contributed by atoms with Gasteiger partial charge in [0.25, 0.3) is 0 Å². The topological polar surface area (TPSA) is 67.3 Å². The minimum atomic E-state index is -1.11. The molecule has 0 spiro atoms. The maximum Gasteiger partial charge on any atom is 0.304 e. The zero-order valence-electron chi connectivity index (χ0n) is 9.13. The van der Waals surface area contributed by atoms with Crippen LogP contribution in [0.15, 0.2) is 24.4 Å². The molecule has 4 nitrogen and oxygen atoms in total. The number of carboxylic acid groups (broad SMARTS) is 1.